The Morgan fingerprint density at radius 1 is 0.742 bits per heavy atom. The van der Waals surface area contributed by atoms with Crippen LogP contribution in [0.3, 0.4) is 0 Å². The SMILES string of the molecule is c1ccc(-c2nc3cc(-c4ccc5ccccc5c4)cnc3n2C2CCNCC2)cc1. The number of piperidine rings is 1. The van der Waals surface area contributed by atoms with E-state index in [1.807, 2.05) is 6.20 Å². The Morgan fingerprint density at radius 2 is 1.52 bits per heavy atom. The first-order chi connectivity index (χ1) is 15.4. The maximum Gasteiger partial charge on any atom is 0.160 e. The molecule has 1 saturated heterocycles. The van der Waals surface area contributed by atoms with Crippen molar-refractivity contribution in [3.63, 3.8) is 0 Å². The second-order valence-corrected chi connectivity index (χ2v) is 8.28. The molecule has 0 unspecified atom stereocenters. The Bertz CT molecular complexity index is 1360. The monoisotopic (exact) mass is 404 g/mol. The minimum atomic E-state index is 0.417. The molecule has 0 radical (unpaired) electrons. The van der Waals surface area contributed by atoms with Crippen molar-refractivity contribution in [3.05, 3.63) is 85.1 Å². The molecule has 1 aliphatic heterocycles. The van der Waals surface area contributed by atoms with E-state index < -0.39 is 0 Å². The van der Waals surface area contributed by atoms with Gasteiger partial charge in [0.05, 0.1) is 0 Å². The largest absolute Gasteiger partial charge is 0.317 e. The summed E-state index contributed by atoms with van der Waals surface area (Å²) < 4.78 is 2.37. The van der Waals surface area contributed by atoms with Crippen molar-refractivity contribution >= 4 is 21.9 Å². The molecule has 31 heavy (non-hydrogen) atoms. The molecule has 4 heteroatoms. The van der Waals surface area contributed by atoms with Gasteiger partial charge in [-0.2, -0.15) is 0 Å². The first kappa shape index (κ1) is 18.3. The number of nitrogens with one attached hydrogen (secondary N) is 1. The maximum absolute atomic E-state index is 5.09. The summed E-state index contributed by atoms with van der Waals surface area (Å²) in [6.45, 7) is 2.07. The summed E-state index contributed by atoms with van der Waals surface area (Å²) in [5, 5.41) is 5.97. The molecule has 0 saturated carbocycles. The zero-order valence-electron chi connectivity index (χ0n) is 17.3. The van der Waals surface area contributed by atoms with Crippen LogP contribution in [-0.4, -0.2) is 27.6 Å². The molecular weight excluding hydrogens is 380 g/mol. The zero-order valence-corrected chi connectivity index (χ0v) is 17.3. The fraction of sp³-hybridized carbons (Fsp3) is 0.185. The van der Waals surface area contributed by atoms with Crippen LogP contribution in [0.2, 0.25) is 0 Å². The summed E-state index contributed by atoms with van der Waals surface area (Å²) in [5.74, 6) is 1.02. The van der Waals surface area contributed by atoms with Crippen molar-refractivity contribution in [1.82, 2.24) is 19.9 Å². The second-order valence-electron chi connectivity index (χ2n) is 8.28. The fourth-order valence-corrected chi connectivity index (χ4v) is 4.71. The third kappa shape index (κ3) is 3.29. The smallest absolute Gasteiger partial charge is 0.160 e. The van der Waals surface area contributed by atoms with E-state index in [4.69, 9.17) is 9.97 Å². The Labute approximate surface area is 181 Å². The lowest BCUT2D eigenvalue weighted by molar-refractivity contribution is 0.376. The van der Waals surface area contributed by atoms with E-state index in [0.29, 0.717) is 6.04 Å². The summed E-state index contributed by atoms with van der Waals surface area (Å²) in [5.41, 5.74) is 5.36. The molecule has 6 rings (SSSR count). The van der Waals surface area contributed by atoms with Gasteiger partial charge in [-0.1, -0.05) is 66.7 Å². The van der Waals surface area contributed by atoms with Crippen molar-refractivity contribution in [1.29, 1.82) is 0 Å². The zero-order chi connectivity index (χ0) is 20.6. The number of hydrogen-bond donors (Lipinski definition) is 1. The molecule has 0 bridgehead atoms. The van der Waals surface area contributed by atoms with Crippen LogP contribution in [-0.2, 0) is 0 Å². The highest BCUT2D eigenvalue weighted by Gasteiger charge is 2.23. The van der Waals surface area contributed by atoms with E-state index in [1.165, 1.54) is 16.3 Å². The molecule has 0 atom stereocenters. The number of aromatic nitrogens is 3. The van der Waals surface area contributed by atoms with Gasteiger partial charge < -0.3 is 9.88 Å². The van der Waals surface area contributed by atoms with Gasteiger partial charge in [0.1, 0.15) is 11.3 Å². The molecule has 2 aromatic heterocycles. The molecule has 3 heterocycles. The number of fused-ring (bicyclic) bond motifs is 2. The average molecular weight is 405 g/mol. The van der Waals surface area contributed by atoms with Gasteiger partial charge in [0, 0.05) is 23.4 Å². The molecule has 5 aromatic rings. The van der Waals surface area contributed by atoms with Crippen LogP contribution in [0.25, 0.3) is 44.5 Å². The molecule has 1 aliphatic rings. The lowest BCUT2D eigenvalue weighted by atomic mass is 10.0. The van der Waals surface area contributed by atoms with Gasteiger partial charge >= 0.3 is 0 Å². The maximum atomic E-state index is 5.09. The average Bonchev–Trinajstić information content (AvgIpc) is 3.23. The molecular formula is C27H24N4. The number of hydrogen-bond acceptors (Lipinski definition) is 3. The predicted molar refractivity (Wildman–Crippen MR) is 127 cm³/mol. The second kappa shape index (κ2) is 7.64. The number of nitrogens with zero attached hydrogens (tertiary/aromatic N) is 3. The van der Waals surface area contributed by atoms with E-state index in [9.17, 15) is 0 Å². The van der Waals surface area contributed by atoms with Crippen molar-refractivity contribution in [2.75, 3.05) is 13.1 Å². The lowest BCUT2D eigenvalue weighted by Crippen LogP contribution is -2.29. The molecule has 0 spiro atoms. The van der Waals surface area contributed by atoms with Crippen LogP contribution < -0.4 is 5.32 Å². The predicted octanol–water partition coefficient (Wildman–Crippen LogP) is 5.84. The van der Waals surface area contributed by atoms with E-state index in [-0.39, 0.29) is 0 Å². The topological polar surface area (TPSA) is 42.7 Å². The van der Waals surface area contributed by atoms with E-state index in [2.05, 4.69) is 88.7 Å². The number of imidazole rings is 1. The molecule has 0 amide bonds. The fourth-order valence-electron chi connectivity index (χ4n) is 4.71. The van der Waals surface area contributed by atoms with Crippen molar-refractivity contribution in [2.24, 2.45) is 0 Å². The van der Waals surface area contributed by atoms with Gasteiger partial charge in [-0.3, -0.25) is 0 Å². The van der Waals surface area contributed by atoms with E-state index in [0.717, 1.165) is 54.0 Å². The normalized spacial score (nSPS) is 15.0. The van der Waals surface area contributed by atoms with E-state index in [1.54, 1.807) is 0 Å². The van der Waals surface area contributed by atoms with Crippen LogP contribution in [0.5, 0.6) is 0 Å². The Balaban J connectivity index is 1.51. The van der Waals surface area contributed by atoms with Crippen LogP contribution in [0.15, 0.2) is 85.1 Å². The summed E-state index contributed by atoms with van der Waals surface area (Å²) >= 11 is 0. The van der Waals surface area contributed by atoms with Crippen molar-refractivity contribution in [3.8, 4) is 22.5 Å². The number of benzene rings is 3. The lowest BCUT2D eigenvalue weighted by Gasteiger charge is -2.26. The molecule has 1 fully saturated rings. The Hall–Kier alpha value is -3.50. The van der Waals surface area contributed by atoms with Gasteiger partial charge in [0.2, 0.25) is 0 Å². The summed E-state index contributed by atoms with van der Waals surface area (Å²) in [7, 11) is 0. The Kier molecular flexibility index (Phi) is 4.50. The van der Waals surface area contributed by atoms with Gasteiger partial charge in [-0.25, -0.2) is 9.97 Å². The van der Waals surface area contributed by atoms with Gasteiger partial charge in [-0.05, 0) is 54.4 Å². The van der Waals surface area contributed by atoms with Crippen molar-refractivity contribution in [2.45, 2.75) is 18.9 Å². The Morgan fingerprint density at radius 3 is 2.35 bits per heavy atom. The summed E-state index contributed by atoms with van der Waals surface area (Å²) in [6.07, 6.45) is 4.19. The summed E-state index contributed by atoms with van der Waals surface area (Å²) in [6, 6.07) is 28.2. The molecule has 0 aliphatic carbocycles. The third-order valence-corrected chi connectivity index (χ3v) is 6.32. The minimum absolute atomic E-state index is 0.417. The molecule has 152 valence electrons. The first-order valence-electron chi connectivity index (χ1n) is 11.0. The summed E-state index contributed by atoms with van der Waals surface area (Å²) in [4.78, 5) is 10.0. The molecule has 3 aromatic carbocycles. The van der Waals surface area contributed by atoms with E-state index >= 15 is 0 Å². The number of pyridine rings is 1. The van der Waals surface area contributed by atoms with Gasteiger partial charge in [0.25, 0.3) is 0 Å². The van der Waals surface area contributed by atoms with Gasteiger partial charge in [-0.15, -0.1) is 0 Å². The van der Waals surface area contributed by atoms with Crippen LogP contribution in [0.1, 0.15) is 18.9 Å². The van der Waals surface area contributed by atoms with Gasteiger partial charge in [0.15, 0.2) is 5.65 Å². The first-order valence-corrected chi connectivity index (χ1v) is 11.0. The molecule has 4 nitrogen and oxygen atoms in total. The highest BCUT2D eigenvalue weighted by atomic mass is 15.2. The number of rotatable bonds is 3. The molecule has 1 N–H and O–H groups in total. The van der Waals surface area contributed by atoms with Crippen LogP contribution >= 0.6 is 0 Å². The van der Waals surface area contributed by atoms with Crippen LogP contribution in [0, 0.1) is 0 Å². The third-order valence-electron chi connectivity index (χ3n) is 6.32. The standard InChI is InChI=1S/C27H24N4/c1-2-7-20(8-3-1)26-30-25-17-23(22-11-10-19-6-4-5-9-21(19)16-22)18-29-27(25)31(26)24-12-14-28-15-13-24/h1-11,16-18,24,28H,12-15H2. The quantitative estimate of drug-likeness (QED) is 0.411. The van der Waals surface area contributed by atoms with Crippen LogP contribution in [0.4, 0.5) is 0 Å². The van der Waals surface area contributed by atoms with Crippen molar-refractivity contribution < 1.29 is 0 Å². The minimum Gasteiger partial charge on any atom is -0.317 e. The highest BCUT2D eigenvalue weighted by Crippen LogP contribution is 2.33. The highest BCUT2D eigenvalue weighted by molar-refractivity contribution is 5.89.